The van der Waals surface area contributed by atoms with Gasteiger partial charge in [0.2, 0.25) is 0 Å². The van der Waals surface area contributed by atoms with Crippen LogP contribution in [-0.4, -0.2) is 10.9 Å². The van der Waals surface area contributed by atoms with Crippen LogP contribution in [0.25, 0.3) is 11.3 Å². The minimum Gasteiger partial charge on any atom is -0.459 e. The van der Waals surface area contributed by atoms with E-state index in [1.54, 1.807) is 12.1 Å². The minimum atomic E-state index is -0.230. The first-order valence-corrected chi connectivity index (χ1v) is 7.02. The molecular weight excluding hydrogens is 272 g/mol. The molecule has 0 atom stereocenters. The third-order valence-electron chi connectivity index (χ3n) is 2.77. The molecule has 0 aliphatic rings. The molecule has 0 aliphatic heterocycles. The van der Waals surface area contributed by atoms with Gasteiger partial charge in [-0.3, -0.25) is 4.79 Å². The summed E-state index contributed by atoms with van der Waals surface area (Å²) in [4.78, 5) is 16.2. The van der Waals surface area contributed by atoms with Crippen molar-refractivity contribution in [3.8, 4) is 11.3 Å². The standard InChI is InChI=1S/C15H12N2O2S/c18-15(13-7-4-8-19-13)16-9-14-17-12(10-20-14)11-5-2-1-3-6-11/h1-8,10H,9H2,(H,16,18). The first-order valence-electron chi connectivity index (χ1n) is 6.14. The third kappa shape index (κ3) is 2.78. The Morgan fingerprint density at radius 3 is 2.80 bits per heavy atom. The van der Waals surface area contributed by atoms with Crippen LogP contribution < -0.4 is 5.32 Å². The fraction of sp³-hybridized carbons (Fsp3) is 0.0667. The molecule has 0 aliphatic carbocycles. The highest BCUT2D eigenvalue weighted by Crippen LogP contribution is 2.21. The zero-order valence-corrected chi connectivity index (χ0v) is 11.4. The van der Waals surface area contributed by atoms with E-state index in [0.717, 1.165) is 16.3 Å². The maximum Gasteiger partial charge on any atom is 0.287 e. The van der Waals surface area contributed by atoms with E-state index in [1.165, 1.54) is 17.6 Å². The number of rotatable bonds is 4. The van der Waals surface area contributed by atoms with Gasteiger partial charge in [-0.1, -0.05) is 30.3 Å². The van der Waals surface area contributed by atoms with Gasteiger partial charge in [0.1, 0.15) is 5.01 Å². The number of aromatic nitrogens is 1. The normalized spacial score (nSPS) is 10.4. The fourth-order valence-electron chi connectivity index (χ4n) is 1.78. The van der Waals surface area contributed by atoms with E-state index < -0.39 is 0 Å². The van der Waals surface area contributed by atoms with Crippen molar-refractivity contribution in [3.05, 3.63) is 64.9 Å². The SMILES string of the molecule is O=C(NCc1nc(-c2ccccc2)cs1)c1ccco1. The monoisotopic (exact) mass is 284 g/mol. The van der Waals surface area contributed by atoms with Gasteiger partial charge in [-0.15, -0.1) is 11.3 Å². The molecule has 0 bridgehead atoms. The van der Waals surface area contributed by atoms with Crippen molar-refractivity contribution in [2.24, 2.45) is 0 Å². The van der Waals surface area contributed by atoms with Crippen molar-refractivity contribution in [1.82, 2.24) is 10.3 Å². The van der Waals surface area contributed by atoms with Crippen LogP contribution in [0, 0.1) is 0 Å². The molecule has 4 nitrogen and oxygen atoms in total. The average Bonchev–Trinajstić information content (AvgIpc) is 3.17. The number of hydrogen-bond donors (Lipinski definition) is 1. The van der Waals surface area contributed by atoms with Gasteiger partial charge >= 0.3 is 0 Å². The first-order chi connectivity index (χ1) is 9.83. The Kier molecular flexibility index (Phi) is 3.60. The summed E-state index contributed by atoms with van der Waals surface area (Å²) in [7, 11) is 0. The molecular formula is C15H12N2O2S. The number of thiazole rings is 1. The Bertz CT molecular complexity index is 690. The lowest BCUT2D eigenvalue weighted by atomic mass is 10.2. The molecule has 0 spiro atoms. The van der Waals surface area contributed by atoms with Crippen LogP contribution in [0.3, 0.4) is 0 Å². The third-order valence-corrected chi connectivity index (χ3v) is 3.62. The van der Waals surface area contributed by atoms with Crippen molar-refractivity contribution >= 4 is 17.2 Å². The van der Waals surface area contributed by atoms with Crippen LogP contribution in [-0.2, 0) is 6.54 Å². The van der Waals surface area contributed by atoms with Crippen LogP contribution in [0.1, 0.15) is 15.6 Å². The number of hydrogen-bond acceptors (Lipinski definition) is 4. The molecule has 0 saturated heterocycles. The topological polar surface area (TPSA) is 55.1 Å². The number of amides is 1. The van der Waals surface area contributed by atoms with Gasteiger partial charge in [0.05, 0.1) is 18.5 Å². The number of carbonyl (C=O) groups is 1. The van der Waals surface area contributed by atoms with Gasteiger partial charge in [-0.05, 0) is 12.1 Å². The Morgan fingerprint density at radius 2 is 2.05 bits per heavy atom. The molecule has 1 amide bonds. The van der Waals surface area contributed by atoms with Crippen molar-refractivity contribution in [2.75, 3.05) is 0 Å². The molecule has 0 radical (unpaired) electrons. The number of nitrogens with zero attached hydrogens (tertiary/aromatic N) is 1. The molecule has 3 aromatic rings. The fourth-order valence-corrected chi connectivity index (χ4v) is 2.53. The quantitative estimate of drug-likeness (QED) is 0.799. The van der Waals surface area contributed by atoms with E-state index in [2.05, 4.69) is 10.3 Å². The summed E-state index contributed by atoms with van der Waals surface area (Å²) >= 11 is 1.53. The summed E-state index contributed by atoms with van der Waals surface area (Å²) in [6.07, 6.45) is 1.48. The number of benzene rings is 1. The molecule has 1 N–H and O–H groups in total. The van der Waals surface area contributed by atoms with E-state index in [4.69, 9.17) is 4.42 Å². The van der Waals surface area contributed by atoms with Gasteiger partial charge in [-0.2, -0.15) is 0 Å². The van der Waals surface area contributed by atoms with E-state index in [9.17, 15) is 4.79 Å². The summed E-state index contributed by atoms with van der Waals surface area (Å²) in [5.74, 6) is 0.0799. The molecule has 2 aromatic heterocycles. The van der Waals surface area contributed by atoms with Crippen LogP contribution in [0.4, 0.5) is 0 Å². The van der Waals surface area contributed by atoms with Gasteiger partial charge in [0, 0.05) is 10.9 Å². The largest absolute Gasteiger partial charge is 0.459 e. The lowest BCUT2D eigenvalue weighted by molar-refractivity contribution is 0.0923. The lowest BCUT2D eigenvalue weighted by Gasteiger charge is -1.99. The minimum absolute atomic E-state index is 0.230. The highest BCUT2D eigenvalue weighted by atomic mass is 32.1. The molecule has 5 heteroatoms. The summed E-state index contributed by atoms with van der Waals surface area (Å²) in [5, 5.41) is 5.64. The van der Waals surface area contributed by atoms with E-state index in [-0.39, 0.29) is 5.91 Å². The van der Waals surface area contributed by atoms with Crippen molar-refractivity contribution in [1.29, 1.82) is 0 Å². The Hall–Kier alpha value is -2.40. The summed E-state index contributed by atoms with van der Waals surface area (Å²) < 4.78 is 5.03. The summed E-state index contributed by atoms with van der Waals surface area (Å²) in [6, 6.07) is 13.3. The maximum absolute atomic E-state index is 11.7. The number of carbonyl (C=O) groups excluding carboxylic acids is 1. The van der Waals surface area contributed by atoms with Crippen molar-refractivity contribution < 1.29 is 9.21 Å². The molecule has 100 valence electrons. The molecule has 20 heavy (non-hydrogen) atoms. The summed E-state index contributed by atoms with van der Waals surface area (Å²) in [6.45, 7) is 0.400. The van der Waals surface area contributed by atoms with Crippen LogP contribution >= 0.6 is 11.3 Å². The maximum atomic E-state index is 11.7. The number of nitrogens with one attached hydrogen (secondary N) is 1. The zero-order chi connectivity index (χ0) is 13.8. The van der Waals surface area contributed by atoms with Gasteiger partial charge < -0.3 is 9.73 Å². The second-order valence-electron chi connectivity index (χ2n) is 4.15. The molecule has 1 aromatic carbocycles. The predicted octanol–water partition coefficient (Wildman–Crippen LogP) is 3.33. The van der Waals surface area contributed by atoms with Crippen molar-refractivity contribution in [3.63, 3.8) is 0 Å². The first kappa shape index (κ1) is 12.6. The zero-order valence-electron chi connectivity index (χ0n) is 10.6. The highest BCUT2D eigenvalue weighted by molar-refractivity contribution is 7.09. The van der Waals surface area contributed by atoms with E-state index >= 15 is 0 Å². The lowest BCUT2D eigenvalue weighted by Crippen LogP contribution is -2.22. The second-order valence-corrected chi connectivity index (χ2v) is 5.10. The van der Waals surface area contributed by atoms with E-state index in [1.807, 2.05) is 35.7 Å². The molecule has 0 unspecified atom stereocenters. The van der Waals surface area contributed by atoms with E-state index in [0.29, 0.717) is 12.3 Å². The van der Waals surface area contributed by atoms with Gasteiger partial charge in [0.25, 0.3) is 5.91 Å². The highest BCUT2D eigenvalue weighted by Gasteiger charge is 2.09. The van der Waals surface area contributed by atoms with Crippen molar-refractivity contribution in [2.45, 2.75) is 6.54 Å². The average molecular weight is 284 g/mol. The molecule has 0 fully saturated rings. The van der Waals surface area contributed by atoms with Crippen LogP contribution in [0.15, 0.2) is 58.5 Å². The van der Waals surface area contributed by atoms with Gasteiger partial charge in [0.15, 0.2) is 5.76 Å². The van der Waals surface area contributed by atoms with Gasteiger partial charge in [-0.25, -0.2) is 4.98 Å². The Balaban J connectivity index is 1.65. The van der Waals surface area contributed by atoms with Crippen LogP contribution in [0.2, 0.25) is 0 Å². The second kappa shape index (κ2) is 5.71. The Morgan fingerprint density at radius 1 is 1.20 bits per heavy atom. The summed E-state index contributed by atoms with van der Waals surface area (Å²) in [5.41, 5.74) is 2.00. The predicted molar refractivity (Wildman–Crippen MR) is 77.4 cm³/mol. The molecule has 3 rings (SSSR count). The molecule has 0 saturated carbocycles. The Labute approximate surface area is 120 Å². The van der Waals surface area contributed by atoms with Crippen LogP contribution in [0.5, 0.6) is 0 Å². The molecule has 2 heterocycles. The number of furan rings is 1. The smallest absolute Gasteiger partial charge is 0.287 e.